The number of carbonyl (C=O) groups excluding carboxylic acids is 3. The van der Waals surface area contributed by atoms with Crippen LogP contribution in [0.4, 0.5) is 0 Å². The number of hydrogen-bond acceptors (Lipinski definition) is 6. The van der Waals surface area contributed by atoms with E-state index in [1.165, 1.54) is 51.4 Å². The average Bonchev–Trinajstić information content (AvgIpc) is 3.18. The Morgan fingerprint density at radius 1 is 0.554 bits per heavy atom. The van der Waals surface area contributed by atoms with Crippen LogP contribution in [0.3, 0.4) is 0 Å². The summed E-state index contributed by atoms with van der Waals surface area (Å²) in [6.45, 7) is 3.35. The van der Waals surface area contributed by atoms with Gasteiger partial charge in [0.25, 0.3) is 0 Å². The molecule has 0 aliphatic heterocycles. The van der Waals surface area contributed by atoms with E-state index in [4.69, 9.17) is 14.9 Å². The highest BCUT2D eigenvalue weighted by Crippen LogP contribution is 2.17. The van der Waals surface area contributed by atoms with Crippen LogP contribution in [0.15, 0.2) is 60.8 Å². The van der Waals surface area contributed by atoms with Crippen LogP contribution in [-0.2, 0) is 23.9 Å². The van der Waals surface area contributed by atoms with Gasteiger partial charge in [-0.05, 0) is 96.3 Å². The van der Waals surface area contributed by atoms with Gasteiger partial charge in [0.1, 0.15) is 12.1 Å². The number of esters is 1. The van der Waals surface area contributed by atoms with Crippen LogP contribution in [0.5, 0.6) is 0 Å². The number of allylic oxidation sites excluding steroid dienone is 10. The molecule has 0 aromatic heterocycles. The molecule has 9 nitrogen and oxygen atoms in total. The number of hydrogen-bond donors (Lipinski definition) is 4. The van der Waals surface area contributed by atoms with Gasteiger partial charge in [-0.3, -0.25) is 14.4 Å². The fourth-order valence-electron chi connectivity index (χ4n) is 6.12. The van der Waals surface area contributed by atoms with Gasteiger partial charge in [-0.15, -0.1) is 0 Å². The number of nitrogens with one attached hydrogen (secondary N) is 2. The van der Waals surface area contributed by atoms with E-state index in [1.54, 1.807) is 0 Å². The number of carboxylic acid groups (broad SMARTS) is 1. The maximum Gasteiger partial charge on any atom is 0.328 e. The van der Waals surface area contributed by atoms with Gasteiger partial charge in [-0.2, -0.15) is 0 Å². The minimum Gasteiger partial charge on any atom is -0.480 e. The summed E-state index contributed by atoms with van der Waals surface area (Å²) in [5.74, 6) is -2.36. The van der Waals surface area contributed by atoms with E-state index in [0.717, 1.165) is 103 Å². The number of ether oxygens (including phenoxy) is 1. The molecule has 9 heteroatoms. The van der Waals surface area contributed by atoms with Gasteiger partial charge in [0.2, 0.25) is 11.8 Å². The Bertz CT molecular complexity index is 1130. The minimum absolute atomic E-state index is 0.0681. The molecule has 0 aromatic rings. The zero-order chi connectivity index (χ0) is 41.2. The number of unbranched alkanes of at least 4 members (excludes halogenated alkanes) is 15. The second-order valence-electron chi connectivity index (χ2n) is 14.7. The summed E-state index contributed by atoms with van der Waals surface area (Å²) in [6, 6.07) is -1.39. The van der Waals surface area contributed by atoms with Crippen molar-refractivity contribution in [1.29, 1.82) is 0 Å². The summed E-state index contributed by atoms with van der Waals surface area (Å²) >= 11 is 0. The fourth-order valence-corrected chi connectivity index (χ4v) is 6.12. The highest BCUT2D eigenvalue weighted by molar-refractivity contribution is 5.87. The Balaban J connectivity index is 4.45. The lowest BCUT2D eigenvalue weighted by Gasteiger charge is -2.18. The van der Waals surface area contributed by atoms with Gasteiger partial charge in [0.15, 0.2) is 0 Å². The second-order valence-corrected chi connectivity index (χ2v) is 14.7. The third-order valence-corrected chi connectivity index (χ3v) is 9.50. The van der Waals surface area contributed by atoms with Crippen LogP contribution >= 0.6 is 0 Å². The molecule has 2 amide bonds. The topological polar surface area (TPSA) is 142 Å². The largest absolute Gasteiger partial charge is 0.480 e. The Hall–Kier alpha value is -3.46. The van der Waals surface area contributed by atoms with Gasteiger partial charge in [-0.1, -0.05) is 139 Å². The normalized spacial score (nSPS) is 13.1. The molecule has 0 aliphatic carbocycles. The lowest BCUT2D eigenvalue weighted by Crippen LogP contribution is -2.47. The molecular formula is C47H80N2O7. The summed E-state index contributed by atoms with van der Waals surface area (Å²) in [4.78, 5) is 47.6. The summed E-state index contributed by atoms with van der Waals surface area (Å²) in [7, 11) is 0. The SMILES string of the molecule is CC/C=C\C/C=C\C/C=C\C/C=C\CCCCC(=O)OC(CCC/C=C\CCCCCCCCCC)CCCCCCCC(=O)NCC(=O)NC(CO)C(=O)O. The quantitative estimate of drug-likeness (QED) is 0.0276. The van der Waals surface area contributed by atoms with Crippen molar-refractivity contribution in [3.8, 4) is 0 Å². The highest BCUT2D eigenvalue weighted by atomic mass is 16.5. The molecule has 2 unspecified atom stereocenters. The molecule has 0 saturated carbocycles. The van der Waals surface area contributed by atoms with Crippen LogP contribution in [0.2, 0.25) is 0 Å². The van der Waals surface area contributed by atoms with Gasteiger partial charge in [0, 0.05) is 12.8 Å². The predicted molar refractivity (Wildman–Crippen MR) is 231 cm³/mol. The maximum atomic E-state index is 12.8. The fraction of sp³-hybridized carbons (Fsp3) is 0.702. The van der Waals surface area contributed by atoms with Crippen molar-refractivity contribution in [3.63, 3.8) is 0 Å². The molecule has 0 aromatic carbocycles. The zero-order valence-corrected chi connectivity index (χ0v) is 35.4. The number of aliphatic hydroxyl groups is 1. The molecule has 0 aliphatic rings. The van der Waals surface area contributed by atoms with Gasteiger partial charge < -0.3 is 25.6 Å². The molecular weight excluding hydrogens is 705 g/mol. The molecule has 0 saturated heterocycles. The van der Waals surface area contributed by atoms with Crippen molar-refractivity contribution in [3.05, 3.63) is 60.8 Å². The molecule has 4 N–H and O–H groups in total. The summed E-state index contributed by atoms with van der Waals surface area (Å²) in [6.07, 6.45) is 49.6. The first-order chi connectivity index (χ1) is 27.3. The monoisotopic (exact) mass is 785 g/mol. The third-order valence-electron chi connectivity index (χ3n) is 9.50. The van der Waals surface area contributed by atoms with Gasteiger partial charge >= 0.3 is 11.9 Å². The Morgan fingerprint density at radius 3 is 1.64 bits per heavy atom. The number of carbonyl (C=O) groups is 4. The molecule has 0 heterocycles. The first kappa shape index (κ1) is 52.5. The molecule has 0 rings (SSSR count). The Morgan fingerprint density at radius 2 is 1.04 bits per heavy atom. The zero-order valence-electron chi connectivity index (χ0n) is 35.4. The van der Waals surface area contributed by atoms with Crippen molar-refractivity contribution in [2.24, 2.45) is 0 Å². The number of rotatable bonds is 39. The first-order valence-electron chi connectivity index (χ1n) is 22.2. The molecule has 56 heavy (non-hydrogen) atoms. The standard InChI is InChI=1S/C47H80N2O7/c1-3-5-7-9-11-13-15-17-18-20-22-24-26-31-35-39-46(53)56-42(36-32-28-25-23-21-19-16-14-12-10-8-6-4-2)37-33-29-27-30-34-38-44(51)48-40-45(52)49-43(41-50)47(54)55/h5,7,11,13,17-18,22-25,42-43,50H,3-4,6,8-10,12,14-16,19-21,26-41H2,1-2H3,(H,48,51)(H,49,52)(H,54,55)/b7-5-,13-11-,18-17-,24-22-,25-23-. The minimum atomic E-state index is -1.39. The van der Waals surface area contributed by atoms with Crippen LogP contribution in [0.25, 0.3) is 0 Å². The van der Waals surface area contributed by atoms with Crippen LogP contribution < -0.4 is 10.6 Å². The molecule has 0 fully saturated rings. The predicted octanol–water partition coefficient (Wildman–Crippen LogP) is 10.9. The van der Waals surface area contributed by atoms with Crippen molar-refractivity contribution >= 4 is 23.8 Å². The van der Waals surface area contributed by atoms with Crippen molar-refractivity contribution in [1.82, 2.24) is 10.6 Å². The van der Waals surface area contributed by atoms with Crippen LogP contribution in [0.1, 0.15) is 187 Å². The summed E-state index contributed by atoms with van der Waals surface area (Å²) in [5.41, 5.74) is 0. The average molecular weight is 785 g/mol. The molecule has 0 spiro atoms. The van der Waals surface area contributed by atoms with E-state index in [-0.39, 0.29) is 30.9 Å². The lowest BCUT2D eigenvalue weighted by molar-refractivity contribution is -0.150. The third kappa shape index (κ3) is 37.5. The van der Waals surface area contributed by atoms with E-state index < -0.39 is 24.5 Å². The van der Waals surface area contributed by atoms with Crippen molar-refractivity contribution in [2.45, 2.75) is 199 Å². The van der Waals surface area contributed by atoms with Gasteiger partial charge in [0.05, 0.1) is 13.2 Å². The van der Waals surface area contributed by atoms with E-state index in [0.29, 0.717) is 12.8 Å². The Kier molecular flexibility index (Phi) is 38.6. The number of amides is 2. The molecule has 2 atom stereocenters. The molecule has 320 valence electrons. The number of aliphatic hydroxyl groups excluding tert-OH is 1. The van der Waals surface area contributed by atoms with E-state index in [1.807, 2.05) is 0 Å². The van der Waals surface area contributed by atoms with Crippen LogP contribution in [0, 0.1) is 0 Å². The summed E-state index contributed by atoms with van der Waals surface area (Å²) < 4.78 is 5.99. The smallest absolute Gasteiger partial charge is 0.328 e. The summed E-state index contributed by atoms with van der Waals surface area (Å²) in [5, 5.41) is 22.6. The molecule has 0 bridgehead atoms. The van der Waals surface area contributed by atoms with E-state index in [2.05, 4.69) is 85.2 Å². The Labute approximate surface area is 341 Å². The van der Waals surface area contributed by atoms with Crippen molar-refractivity contribution < 1.29 is 34.1 Å². The maximum absolute atomic E-state index is 12.8. The lowest BCUT2D eigenvalue weighted by atomic mass is 10.0. The molecule has 0 radical (unpaired) electrons. The highest BCUT2D eigenvalue weighted by Gasteiger charge is 2.19. The van der Waals surface area contributed by atoms with Gasteiger partial charge in [-0.25, -0.2) is 4.79 Å². The van der Waals surface area contributed by atoms with E-state index >= 15 is 0 Å². The van der Waals surface area contributed by atoms with Crippen LogP contribution in [-0.4, -0.2) is 59.3 Å². The second kappa shape index (κ2) is 41.2. The first-order valence-corrected chi connectivity index (χ1v) is 22.2. The number of carboxylic acids is 1. The number of aliphatic carboxylic acids is 1. The van der Waals surface area contributed by atoms with Crippen molar-refractivity contribution in [2.75, 3.05) is 13.2 Å². The van der Waals surface area contributed by atoms with E-state index in [9.17, 15) is 19.2 Å².